The van der Waals surface area contributed by atoms with E-state index in [1.165, 1.54) is 17.0 Å². The number of carbonyl (C=O) groups excluding carboxylic acids is 1. The smallest absolute Gasteiger partial charge is 0.341 e. The topological polar surface area (TPSA) is 116 Å². The fraction of sp³-hybridized carbons (Fsp3) is 0.588. The number of rotatable bonds is 10. The molecule has 0 saturated heterocycles. The molecule has 0 amide bonds. The number of esters is 1. The highest BCUT2D eigenvalue weighted by Gasteiger charge is 2.22. The average Bonchev–Trinajstić information content (AvgIpc) is 2.49. The van der Waals surface area contributed by atoms with Gasteiger partial charge in [-0.2, -0.15) is 16.8 Å². The first-order valence-electron chi connectivity index (χ1n) is 8.54. The minimum atomic E-state index is -3.68. The molecule has 0 fully saturated rings. The van der Waals surface area contributed by atoms with Crippen molar-refractivity contribution < 1.29 is 39.1 Å². The van der Waals surface area contributed by atoms with Crippen LogP contribution in [0, 0.1) is 5.82 Å². The van der Waals surface area contributed by atoms with Crippen LogP contribution in [0.3, 0.4) is 0 Å². The van der Waals surface area contributed by atoms with Crippen molar-refractivity contribution in [1.29, 1.82) is 0 Å². The Balaban J connectivity index is 3.00. The van der Waals surface area contributed by atoms with Gasteiger partial charge in [-0.1, -0.05) is 0 Å². The number of hydrogen-bond acceptors (Lipinski definition) is 9. The zero-order chi connectivity index (χ0) is 22.5. The Labute approximate surface area is 171 Å². The van der Waals surface area contributed by atoms with Gasteiger partial charge in [-0.05, 0) is 39.0 Å². The van der Waals surface area contributed by atoms with Crippen LogP contribution < -0.4 is 4.90 Å². The van der Waals surface area contributed by atoms with Crippen molar-refractivity contribution in [3.8, 4) is 0 Å². The maximum Gasteiger partial charge on any atom is 0.341 e. The fourth-order valence-electron chi connectivity index (χ4n) is 2.17. The van der Waals surface area contributed by atoms with E-state index in [1.807, 2.05) is 0 Å². The minimum absolute atomic E-state index is 0.00537. The van der Waals surface area contributed by atoms with E-state index in [2.05, 4.69) is 8.37 Å². The summed E-state index contributed by atoms with van der Waals surface area (Å²) in [6.45, 7) is 4.49. The molecule has 0 unspecified atom stereocenters. The molecule has 0 aliphatic carbocycles. The molecule has 0 aromatic heterocycles. The summed E-state index contributed by atoms with van der Waals surface area (Å²) >= 11 is 0. The predicted octanol–water partition coefficient (Wildman–Crippen LogP) is 1.54. The van der Waals surface area contributed by atoms with Crippen molar-refractivity contribution in [3.63, 3.8) is 0 Å². The highest BCUT2D eigenvalue weighted by atomic mass is 32.2. The van der Waals surface area contributed by atoms with E-state index < -0.39 is 37.6 Å². The Morgan fingerprint density at radius 3 is 1.86 bits per heavy atom. The molecule has 0 N–H and O–H groups in total. The third kappa shape index (κ3) is 10.5. The second-order valence-electron chi connectivity index (χ2n) is 7.21. The summed E-state index contributed by atoms with van der Waals surface area (Å²) in [5.74, 6) is -1.66. The number of nitrogens with zero attached hydrogens (tertiary/aromatic N) is 1. The van der Waals surface area contributed by atoms with Gasteiger partial charge >= 0.3 is 5.97 Å². The van der Waals surface area contributed by atoms with E-state index in [9.17, 15) is 26.0 Å². The molecule has 29 heavy (non-hydrogen) atoms. The van der Waals surface area contributed by atoms with Crippen LogP contribution >= 0.6 is 0 Å². The summed E-state index contributed by atoms with van der Waals surface area (Å²) in [6, 6.07) is 3.74. The summed E-state index contributed by atoms with van der Waals surface area (Å²) in [5, 5.41) is 0. The molecule has 0 aliphatic rings. The van der Waals surface area contributed by atoms with Gasteiger partial charge in [0.2, 0.25) is 0 Å². The van der Waals surface area contributed by atoms with E-state index in [1.54, 1.807) is 20.8 Å². The zero-order valence-corrected chi connectivity index (χ0v) is 18.6. The predicted molar refractivity (Wildman–Crippen MR) is 105 cm³/mol. The molecule has 0 radical (unpaired) electrons. The van der Waals surface area contributed by atoms with Crippen LogP contribution in [0.1, 0.15) is 31.1 Å². The summed E-state index contributed by atoms with van der Waals surface area (Å²) in [6.07, 6.45) is 1.78. The van der Waals surface area contributed by atoms with E-state index >= 15 is 0 Å². The Hall–Kier alpha value is -1.76. The normalized spacial score (nSPS) is 12.6. The quantitative estimate of drug-likeness (QED) is 0.382. The standard InChI is InChI=1S/C17H26FNO8S2/c1-17(2,3)27-16(20)14-7-6-13(12-15(14)18)19(8-10-25-28(4,21)22)9-11-26-29(5,23)24/h6-7,12H,8-11H2,1-5H3. The highest BCUT2D eigenvalue weighted by molar-refractivity contribution is 7.86. The van der Waals surface area contributed by atoms with Crippen molar-refractivity contribution in [1.82, 2.24) is 0 Å². The summed E-state index contributed by atoms with van der Waals surface area (Å²) in [4.78, 5) is 13.5. The molecule has 12 heteroatoms. The number of hydrogen-bond donors (Lipinski definition) is 0. The summed E-state index contributed by atoms with van der Waals surface area (Å²) in [5.41, 5.74) is -0.771. The second-order valence-corrected chi connectivity index (χ2v) is 10.5. The van der Waals surface area contributed by atoms with E-state index in [-0.39, 0.29) is 37.6 Å². The number of ether oxygens (including phenoxy) is 1. The second kappa shape index (κ2) is 9.83. The van der Waals surface area contributed by atoms with Crippen LogP contribution in [0.2, 0.25) is 0 Å². The van der Waals surface area contributed by atoms with Gasteiger partial charge in [-0.3, -0.25) is 8.37 Å². The molecule has 1 rings (SSSR count). The van der Waals surface area contributed by atoms with Crippen molar-refractivity contribution in [3.05, 3.63) is 29.6 Å². The first kappa shape index (κ1) is 25.3. The largest absolute Gasteiger partial charge is 0.456 e. The molecule has 166 valence electrons. The SMILES string of the molecule is CC(C)(C)OC(=O)c1ccc(N(CCOS(C)(=O)=O)CCOS(C)(=O)=O)cc1F. The number of anilines is 1. The third-order valence-corrected chi connectivity index (χ3v) is 4.44. The lowest BCUT2D eigenvalue weighted by atomic mass is 10.1. The molecule has 0 atom stereocenters. The Bertz CT molecular complexity index is 885. The van der Waals surface area contributed by atoms with Gasteiger partial charge in [0.05, 0.1) is 31.3 Å². The Morgan fingerprint density at radius 2 is 1.48 bits per heavy atom. The van der Waals surface area contributed by atoms with Crippen molar-refractivity contribution >= 4 is 31.9 Å². The van der Waals surface area contributed by atoms with Gasteiger partial charge in [0.25, 0.3) is 20.2 Å². The molecule has 9 nitrogen and oxygen atoms in total. The monoisotopic (exact) mass is 455 g/mol. The Kier molecular flexibility index (Phi) is 8.57. The summed E-state index contributed by atoms with van der Waals surface area (Å²) in [7, 11) is -7.36. The van der Waals surface area contributed by atoms with Gasteiger partial charge in [-0.25, -0.2) is 9.18 Å². The molecule has 1 aromatic carbocycles. The van der Waals surface area contributed by atoms with E-state index in [4.69, 9.17) is 4.74 Å². The first-order valence-corrected chi connectivity index (χ1v) is 12.2. The molecule has 0 spiro atoms. The molecular formula is C17H26FNO8S2. The van der Waals surface area contributed by atoms with Gasteiger partial charge in [0.15, 0.2) is 0 Å². The molecule has 1 aromatic rings. The fourth-order valence-corrected chi connectivity index (χ4v) is 2.92. The van der Waals surface area contributed by atoms with Crippen molar-refractivity contribution in [2.24, 2.45) is 0 Å². The molecule has 0 saturated carbocycles. The van der Waals surface area contributed by atoms with Crippen LogP contribution in [0.4, 0.5) is 10.1 Å². The average molecular weight is 456 g/mol. The van der Waals surface area contributed by atoms with Crippen LogP contribution in [0.15, 0.2) is 18.2 Å². The molecular weight excluding hydrogens is 429 g/mol. The lowest BCUT2D eigenvalue weighted by molar-refractivity contribution is 0.00646. The molecule has 0 bridgehead atoms. The Morgan fingerprint density at radius 1 is 1.00 bits per heavy atom. The van der Waals surface area contributed by atoms with E-state index in [0.29, 0.717) is 0 Å². The first-order chi connectivity index (χ1) is 13.1. The van der Waals surface area contributed by atoms with E-state index in [0.717, 1.165) is 18.6 Å². The highest BCUT2D eigenvalue weighted by Crippen LogP contribution is 2.21. The van der Waals surface area contributed by atoms with Crippen LogP contribution in [0.5, 0.6) is 0 Å². The number of halogens is 1. The third-order valence-electron chi connectivity index (χ3n) is 3.25. The van der Waals surface area contributed by atoms with Gasteiger partial charge in [-0.15, -0.1) is 0 Å². The summed E-state index contributed by atoms with van der Waals surface area (Å²) < 4.78 is 73.5. The molecule has 0 heterocycles. The molecule has 0 aliphatic heterocycles. The van der Waals surface area contributed by atoms with Crippen LogP contribution in [0.25, 0.3) is 0 Å². The zero-order valence-electron chi connectivity index (χ0n) is 17.0. The number of carbonyl (C=O) groups is 1. The lowest BCUT2D eigenvalue weighted by Gasteiger charge is -2.25. The van der Waals surface area contributed by atoms with Gasteiger partial charge < -0.3 is 9.64 Å². The van der Waals surface area contributed by atoms with Crippen molar-refractivity contribution in [2.75, 3.05) is 43.7 Å². The van der Waals surface area contributed by atoms with Gasteiger partial charge in [0, 0.05) is 18.8 Å². The maximum absolute atomic E-state index is 14.5. The van der Waals surface area contributed by atoms with Crippen molar-refractivity contribution in [2.45, 2.75) is 26.4 Å². The van der Waals surface area contributed by atoms with Gasteiger partial charge in [0.1, 0.15) is 11.4 Å². The number of benzene rings is 1. The van der Waals surface area contributed by atoms with Crippen LogP contribution in [-0.2, 0) is 33.3 Å². The van der Waals surface area contributed by atoms with Crippen LogP contribution in [-0.4, -0.2) is 67.2 Å². The minimum Gasteiger partial charge on any atom is -0.456 e. The lowest BCUT2D eigenvalue weighted by Crippen LogP contribution is -2.32. The maximum atomic E-state index is 14.5.